The Bertz CT molecular complexity index is 621. The van der Waals surface area contributed by atoms with Gasteiger partial charge in [-0.2, -0.15) is 0 Å². The third kappa shape index (κ3) is 5.20. The number of carbonyl (C=O) groups is 1. The van der Waals surface area contributed by atoms with Crippen LogP contribution in [0, 0.1) is 0 Å². The Morgan fingerprint density at radius 3 is 2.60 bits per heavy atom. The molecular weight excluding hydrogens is 324 g/mol. The molecule has 1 fully saturated rings. The van der Waals surface area contributed by atoms with Crippen molar-refractivity contribution in [3.05, 3.63) is 11.9 Å². The number of hydrogen-bond acceptors (Lipinski definition) is 8. The Morgan fingerprint density at radius 1 is 1.32 bits per heavy atom. The van der Waals surface area contributed by atoms with Gasteiger partial charge in [0.25, 0.3) is 0 Å². The summed E-state index contributed by atoms with van der Waals surface area (Å²) >= 11 is 0. The van der Waals surface area contributed by atoms with Gasteiger partial charge in [-0.25, -0.2) is 14.8 Å². The van der Waals surface area contributed by atoms with Gasteiger partial charge >= 0.3 is 6.09 Å². The average molecular weight is 350 g/mol. The maximum absolute atomic E-state index is 12.2. The van der Waals surface area contributed by atoms with Gasteiger partial charge in [-0.05, 0) is 27.7 Å². The lowest BCUT2D eigenvalue weighted by Crippen LogP contribution is -2.50. The molecule has 2 N–H and O–H groups in total. The summed E-state index contributed by atoms with van der Waals surface area (Å²) < 4.78 is 5.41. The van der Waals surface area contributed by atoms with Crippen molar-refractivity contribution in [2.75, 3.05) is 43.4 Å². The topological polar surface area (TPSA) is 106 Å². The fraction of sp³-hybridized carbons (Fsp3) is 0.625. The van der Waals surface area contributed by atoms with Crippen molar-refractivity contribution >= 4 is 23.9 Å². The smallest absolute Gasteiger partial charge is 0.410 e. The molecule has 25 heavy (non-hydrogen) atoms. The molecule has 9 nitrogen and oxygen atoms in total. The molecule has 2 rings (SSSR count). The van der Waals surface area contributed by atoms with E-state index in [9.17, 15) is 4.79 Å². The van der Waals surface area contributed by atoms with Crippen LogP contribution < -0.4 is 10.6 Å². The van der Waals surface area contributed by atoms with E-state index in [1.165, 1.54) is 12.5 Å². The van der Waals surface area contributed by atoms with Gasteiger partial charge in [0.05, 0.1) is 11.8 Å². The number of piperazine rings is 1. The van der Waals surface area contributed by atoms with Crippen LogP contribution in [-0.2, 0) is 9.57 Å². The fourth-order valence-corrected chi connectivity index (χ4v) is 2.37. The first-order valence-electron chi connectivity index (χ1n) is 8.30. The first kappa shape index (κ1) is 18.8. The summed E-state index contributed by atoms with van der Waals surface area (Å²) in [4.78, 5) is 29.2. The van der Waals surface area contributed by atoms with Gasteiger partial charge in [0.2, 0.25) is 0 Å². The molecule has 138 valence electrons. The minimum atomic E-state index is -0.502. The molecule has 2 heterocycles. The molecule has 1 aliphatic rings. The van der Waals surface area contributed by atoms with E-state index in [1.54, 1.807) is 4.90 Å². The normalized spacial score (nSPS) is 15.5. The maximum Gasteiger partial charge on any atom is 0.410 e. The zero-order chi connectivity index (χ0) is 18.4. The lowest BCUT2D eigenvalue weighted by atomic mass is 10.2. The van der Waals surface area contributed by atoms with Crippen LogP contribution in [-0.4, -0.2) is 65.6 Å². The molecule has 0 aliphatic carbocycles. The molecule has 0 radical (unpaired) electrons. The molecule has 1 aromatic heterocycles. The molecule has 1 aromatic rings. The van der Waals surface area contributed by atoms with E-state index in [4.69, 9.17) is 15.3 Å². The number of ether oxygens (including phenoxy) is 1. The fourth-order valence-electron chi connectivity index (χ4n) is 2.37. The van der Waals surface area contributed by atoms with Crippen LogP contribution in [0.25, 0.3) is 0 Å². The molecule has 0 atom stereocenters. The molecule has 0 aromatic carbocycles. The third-order valence-electron chi connectivity index (χ3n) is 3.51. The van der Waals surface area contributed by atoms with E-state index in [2.05, 4.69) is 15.1 Å². The Kier molecular flexibility index (Phi) is 6.00. The van der Waals surface area contributed by atoms with Crippen molar-refractivity contribution in [1.29, 1.82) is 0 Å². The second-order valence-electron chi connectivity index (χ2n) is 6.60. The minimum absolute atomic E-state index is 0.299. The summed E-state index contributed by atoms with van der Waals surface area (Å²) in [6.45, 7) is 10.2. The Labute approximate surface area is 147 Å². The van der Waals surface area contributed by atoms with Crippen LogP contribution >= 0.6 is 0 Å². The predicted octanol–water partition coefficient (Wildman–Crippen LogP) is 1.49. The van der Waals surface area contributed by atoms with E-state index < -0.39 is 5.60 Å². The van der Waals surface area contributed by atoms with Gasteiger partial charge in [-0.15, -0.1) is 0 Å². The molecule has 0 bridgehead atoms. The Hall–Kier alpha value is -2.58. The summed E-state index contributed by atoms with van der Waals surface area (Å²) in [5, 5.41) is 3.86. The molecule has 0 unspecified atom stereocenters. The molecule has 1 amide bonds. The van der Waals surface area contributed by atoms with Crippen LogP contribution in [0.5, 0.6) is 0 Å². The number of hydrogen-bond donors (Lipinski definition) is 1. The first-order valence-corrected chi connectivity index (χ1v) is 8.30. The Morgan fingerprint density at radius 2 is 2.00 bits per heavy atom. The van der Waals surface area contributed by atoms with Crippen molar-refractivity contribution in [1.82, 2.24) is 14.9 Å². The highest BCUT2D eigenvalue weighted by Crippen LogP contribution is 2.21. The lowest BCUT2D eigenvalue weighted by molar-refractivity contribution is 0.0240. The molecule has 9 heteroatoms. The van der Waals surface area contributed by atoms with Crippen LogP contribution in [0.3, 0.4) is 0 Å². The summed E-state index contributed by atoms with van der Waals surface area (Å²) in [5.74, 6) is 1.02. The van der Waals surface area contributed by atoms with E-state index in [0.717, 1.165) is 0 Å². The van der Waals surface area contributed by atoms with Crippen LogP contribution in [0.4, 0.5) is 16.4 Å². The van der Waals surface area contributed by atoms with Crippen molar-refractivity contribution in [3.63, 3.8) is 0 Å². The van der Waals surface area contributed by atoms with Gasteiger partial charge in [0.1, 0.15) is 30.2 Å². The predicted molar refractivity (Wildman–Crippen MR) is 95.7 cm³/mol. The van der Waals surface area contributed by atoms with E-state index in [-0.39, 0.29) is 6.09 Å². The van der Waals surface area contributed by atoms with E-state index in [1.807, 2.05) is 32.6 Å². The zero-order valence-corrected chi connectivity index (χ0v) is 15.2. The van der Waals surface area contributed by atoms with Gasteiger partial charge in [-0.1, -0.05) is 5.16 Å². The van der Waals surface area contributed by atoms with Crippen LogP contribution in [0.2, 0.25) is 0 Å². The number of anilines is 2. The molecule has 1 saturated heterocycles. The van der Waals surface area contributed by atoms with E-state index in [0.29, 0.717) is 50.0 Å². The summed E-state index contributed by atoms with van der Waals surface area (Å²) in [6.07, 6.45) is 2.64. The number of rotatable bonds is 4. The number of nitrogen functional groups attached to an aromatic ring is 1. The third-order valence-corrected chi connectivity index (χ3v) is 3.51. The van der Waals surface area contributed by atoms with Crippen LogP contribution in [0.1, 0.15) is 33.3 Å². The zero-order valence-electron chi connectivity index (χ0n) is 15.2. The van der Waals surface area contributed by atoms with Crippen molar-refractivity contribution in [3.8, 4) is 0 Å². The highest BCUT2D eigenvalue weighted by molar-refractivity contribution is 5.91. The van der Waals surface area contributed by atoms with Crippen LogP contribution in [0.15, 0.2) is 11.5 Å². The van der Waals surface area contributed by atoms with Crippen molar-refractivity contribution in [2.24, 2.45) is 5.16 Å². The summed E-state index contributed by atoms with van der Waals surface area (Å²) in [5.41, 5.74) is 6.06. The highest BCUT2D eigenvalue weighted by atomic mass is 16.6. The average Bonchev–Trinajstić information content (AvgIpc) is 2.55. The Balaban J connectivity index is 2.06. The van der Waals surface area contributed by atoms with Gasteiger partial charge in [0.15, 0.2) is 0 Å². The second kappa shape index (κ2) is 8.00. The second-order valence-corrected chi connectivity index (χ2v) is 6.60. The van der Waals surface area contributed by atoms with E-state index >= 15 is 0 Å². The molecule has 0 spiro atoms. The number of oxime groups is 1. The summed E-state index contributed by atoms with van der Waals surface area (Å²) in [7, 11) is 0. The minimum Gasteiger partial charge on any atom is -0.444 e. The first-order chi connectivity index (χ1) is 11.8. The monoisotopic (exact) mass is 350 g/mol. The van der Waals surface area contributed by atoms with Gasteiger partial charge in [0, 0.05) is 26.2 Å². The largest absolute Gasteiger partial charge is 0.444 e. The van der Waals surface area contributed by atoms with Gasteiger partial charge < -0.3 is 25.1 Å². The quantitative estimate of drug-likeness (QED) is 0.647. The van der Waals surface area contributed by atoms with Gasteiger partial charge in [-0.3, -0.25) is 0 Å². The SMILES string of the molecule is CCO/N=C/c1c(N)ncnc1N1CCN(C(=O)OC(C)(C)C)CC1. The molecule has 0 saturated carbocycles. The maximum atomic E-state index is 12.2. The summed E-state index contributed by atoms with van der Waals surface area (Å²) in [6, 6.07) is 0. The molecule has 1 aliphatic heterocycles. The standard InChI is InChI=1S/C16H26N6O3/c1-5-24-20-10-12-13(17)18-11-19-14(12)21-6-8-22(9-7-21)15(23)25-16(2,3)4/h10-11H,5-9H2,1-4H3,(H2,17,18,19)/b20-10+. The van der Waals surface area contributed by atoms with Crippen molar-refractivity contribution < 1.29 is 14.4 Å². The number of carbonyl (C=O) groups excluding carboxylic acids is 1. The lowest BCUT2D eigenvalue weighted by Gasteiger charge is -2.36. The number of nitrogens with zero attached hydrogens (tertiary/aromatic N) is 5. The number of amides is 1. The molecular formula is C16H26N6O3. The highest BCUT2D eigenvalue weighted by Gasteiger charge is 2.27. The number of nitrogens with two attached hydrogens (primary N) is 1. The number of aromatic nitrogens is 2. The van der Waals surface area contributed by atoms with Crippen molar-refractivity contribution in [2.45, 2.75) is 33.3 Å².